The van der Waals surface area contributed by atoms with Gasteiger partial charge in [-0.2, -0.15) is 0 Å². The van der Waals surface area contributed by atoms with Crippen LogP contribution < -0.4 is 4.74 Å². The lowest BCUT2D eigenvalue weighted by Gasteiger charge is -2.39. The van der Waals surface area contributed by atoms with Gasteiger partial charge in [0.05, 0.1) is 6.61 Å². The summed E-state index contributed by atoms with van der Waals surface area (Å²) in [5.74, 6) is 0.364. The Morgan fingerprint density at radius 2 is 1.63 bits per heavy atom. The Labute approximate surface area is 109 Å². The topological polar surface area (TPSA) is 120 Å². The maximum atomic E-state index is 9.75. The predicted molar refractivity (Wildman–Crippen MR) is 62.5 cm³/mol. The first-order valence-electron chi connectivity index (χ1n) is 5.79. The Hall–Kier alpha value is -1.38. The maximum absolute atomic E-state index is 9.75. The van der Waals surface area contributed by atoms with E-state index in [1.165, 1.54) is 24.3 Å². The lowest BCUT2D eigenvalue weighted by molar-refractivity contribution is -0.277. The summed E-state index contributed by atoms with van der Waals surface area (Å²) in [5.41, 5.74) is 0. The van der Waals surface area contributed by atoms with Gasteiger partial charge >= 0.3 is 0 Å². The third-order valence-corrected chi connectivity index (χ3v) is 2.94. The molecule has 0 bridgehead atoms. The quantitative estimate of drug-likeness (QED) is 0.457. The average molecular weight is 272 g/mol. The zero-order chi connectivity index (χ0) is 14.0. The van der Waals surface area contributed by atoms with E-state index in [0.29, 0.717) is 5.75 Å². The minimum atomic E-state index is -1.48. The Kier molecular flexibility index (Phi) is 4.23. The number of benzene rings is 1. The van der Waals surface area contributed by atoms with Gasteiger partial charge in [0.2, 0.25) is 6.29 Å². The van der Waals surface area contributed by atoms with Crippen molar-refractivity contribution in [2.75, 3.05) is 6.61 Å². The Balaban J connectivity index is 2.08. The normalized spacial score (nSPS) is 35.1. The van der Waals surface area contributed by atoms with Crippen LogP contribution >= 0.6 is 0 Å². The molecule has 1 fully saturated rings. The van der Waals surface area contributed by atoms with Crippen molar-refractivity contribution in [3.63, 3.8) is 0 Å². The van der Waals surface area contributed by atoms with Gasteiger partial charge in [0.1, 0.15) is 35.9 Å². The predicted octanol–water partition coefficient (Wildman–Crippen LogP) is -1.43. The molecular formula is C12H16O7. The number of hydrogen-bond acceptors (Lipinski definition) is 7. The zero-order valence-corrected chi connectivity index (χ0v) is 9.96. The van der Waals surface area contributed by atoms with Gasteiger partial charge in [0.25, 0.3) is 0 Å². The molecule has 5 N–H and O–H groups in total. The van der Waals surface area contributed by atoms with Gasteiger partial charge in [-0.25, -0.2) is 0 Å². The maximum Gasteiger partial charge on any atom is 0.229 e. The Morgan fingerprint density at radius 3 is 2.21 bits per heavy atom. The fourth-order valence-electron chi connectivity index (χ4n) is 1.82. The molecule has 1 aromatic rings. The molecule has 1 aromatic carbocycles. The van der Waals surface area contributed by atoms with Gasteiger partial charge in [-0.3, -0.25) is 0 Å². The third kappa shape index (κ3) is 2.96. The molecule has 1 heterocycles. The number of rotatable bonds is 3. The SMILES string of the molecule is OC[C@H]1O[C@@H](Oc2ccc(O)cc2)[C@@H](O)[C@H](O)[C@@H]1O. The summed E-state index contributed by atoms with van der Waals surface area (Å²) in [6.07, 6.45) is -6.58. The number of aromatic hydroxyl groups is 1. The van der Waals surface area contributed by atoms with E-state index in [-0.39, 0.29) is 5.75 Å². The summed E-state index contributed by atoms with van der Waals surface area (Å²) >= 11 is 0. The van der Waals surface area contributed by atoms with Crippen LogP contribution in [-0.4, -0.2) is 62.8 Å². The van der Waals surface area contributed by atoms with Gasteiger partial charge in [-0.1, -0.05) is 0 Å². The van der Waals surface area contributed by atoms with Gasteiger partial charge in [-0.05, 0) is 24.3 Å². The number of hydrogen-bond donors (Lipinski definition) is 5. The summed E-state index contributed by atoms with van der Waals surface area (Å²) in [5, 5.41) is 47.1. The van der Waals surface area contributed by atoms with Crippen molar-refractivity contribution in [3.05, 3.63) is 24.3 Å². The molecule has 7 nitrogen and oxygen atoms in total. The molecule has 0 spiro atoms. The van der Waals surface area contributed by atoms with Crippen LogP contribution in [0.5, 0.6) is 11.5 Å². The van der Waals surface area contributed by atoms with E-state index in [2.05, 4.69) is 0 Å². The Bertz CT molecular complexity index is 405. The number of ether oxygens (including phenoxy) is 2. The lowest BCUT2D eigenvalue weighted by atomic mass is 9.99. The second-order valence-corrected chi connectivity index (χ2v) is 4.31. The standard InChI is InChI=1S/C12H16O7/c13-5-8-9(15)10(16)11(17)12(19-8)18-7-3-1-6(14)2-4-7/h1-4,8-17H,5H2/t8-,9-,10-,11+,12-/m1/s1. The number of aliphatic hydroxyl groups is 4. The van der Waals surface area contributed by atoms with E-state index in [1.54, 1.807) is 0 Å². The second-order valence-electron chi connectivity index (χ2n) is 4.31. The molecular weight excluding hydrogens is 256 g/mol. The molecule has 106 valence electrons. The van der Waals surface area contributed by atoms with Crippen LogP contribution in [0.15, 0.2) is 24.3 Å². The molecule has 0 unspecified atom stereocenters. The molecule has 0 amide bonds. The van der Waals surface area contributed by atoms with Crippen LogP contribution in [0.4, 0.5) is 0 Å². The van der Waals surface area contributed by atoms with E-state index in [1.807, 2.05) is 0 Å². The van der Waals surface area contributed by atoms with Crippen molar-refractivity contribution in [3.8, 4) is 11.5 Å². The van der Waals surface area contributed by atoms with Crippen molar-refractivity contribution in [2.45, 2.75) is 30.7 Å². The van der Waals surface area contributed by atoms with Crippen molar-refractivity contribution in [1.82, 2.24) is 0 Å². The lowest BCUT2D eigenvalue weighted by Crippen LogP contribution is -2.60. The molecule has 2 rings (SSSR count). The van der Waals surface area contributed by atoms with Crippen LogP contribution in [0.1, 0.15) is 0 Å². The largest absolute Gasteiger partial charge is 0.508 e. The molecule has 1 aliphatic rings. The van der Waals surface area contributed by atoms with E-state index in [4.69, 9.17) is 19.7 Å². The van der Waals surface area contributed by atoms with Gasteiger partial charge in [-0.15, -0.1) is 0 Å². The average Bonchev–Trinajstić information content (AvgIpc) is 2.42. The highest BCUT2D eigenvalue weighted by atomic mass is 16.7. The van der Waals surface area contributed by atoms with Crippen LogP contribution in [0, 0.1) is 0 Å². The Morgan fingerprint density at radius 1 is 1.00 bits per heavy atom. The first-order chi connectivity index (χ1) is 9.02. The fourth-order valence-corrected chi connectivity index (χ4v) is 1.82. The molecule has 0 saturated carbocycles. The van der Waals surface area contributed by atoms with Gasteiger partial charge < -0.3 is 35.0 Å². The summed E-state index contributed by atoms with van der Waals surface area (Å²) < 4.78 is 10.5. The van der Waals surface area contributed by atoms with Crippen LogP contribution in [0.25, 0.3) is 0 Å². The minimum absolute atomic E-state index is 0.0566. The van der Waals surface area contributed by atoms with E-state index >= 15 is 0 Å². The summed E-state index contributed by atoms with van der Waals surface area (Å²) in [6.45, 7) is -0.514. The highest BCUT2D eigenvalue weighted by Crippen LogP contribution is 2.25. The van der Waals surface area contributed by atoms with Crippen LogP contribution in [0.2, 0.25) is 0 Å². The molecule has 0 aromatic heterocycles. The first kappa shape index (κ1) is 14.0. The van der Waals surface area contributed by atoms with Gasteiger partial charge in [0.15, 0.2) is 0 Å². The van der Waals surface area contributed by atoms with E-state index in [0.717, 1.165) is 0 Å². The monoisotopic (exact) mass is 272 g/mol. The first-order valence-corrected chi connectivity index (χ1v) is 5.79. The van der Waals surface area contributed by atoms with E-state index < -0.39 is 37.3 Å². The molecule has 1 aliphatic heterocycles. The molecule has 5 atom stereocenters. The van der Waals surface area contributed by atoms with Crippen molar-refractivity contribution < 1.29 is 35.0 Å². The molecule has 7 heteroatoms. The van der Waals surface area contributed by atoms with Crippen molar-refractivity contribution in [1.29, 1.82) is 0 Å². The third-order valence-electron chi connectivity index (χ3n) is 2.94. The fraction of sp³-hybridized carbons (Fsp3) is 0.500. The second kappa shape index (κ2) is 5.72. The van der Waals surface area contributed by atoms with Crippen molar-refractivity contribution >= 4 is 0 Å². The summed E-state index contributed by atoms with van der Waals surface area (Å²) in [6, 6.07) is 5.69. The summed E-state index contributed by atoms with van der Waals surface area (Å²) in [4.78, 5) is 0. The van der Waals surface area contributed by atoms with E-state index in [9.17, 15) is 15.3 Å². The molecule has 0 aliphatic carbocycles. The van der Waals surface area contributed by atoms with Crippen molar-refractivity contribution in [2.24, 2.45) is 0 Å². The minimum Gasteiger partial charge on any atom is -0.508 e. The molecule has 0 radical (unpaired) electrons. The summed E-state index contributed by atoms with van der Waals surface area (Å²) in [7, 11) is 0. The molecule has 19 heavy (non-hydrogen) atoms. The smallest absolute Gasteiger partial charge is 0.229 e. The number of phenolic OH excluding ortho intramolecular Hbond substituents is 1. The van der Waals surface area contributed by atoms with Crippen LogP contribution in [-0.2, 0) is 4.74 Å². The van der Waals surface area contributed by atoms with Crippen LogP contribution in [0.3, 0.4) is 0 Å². The number of aliphatic hydroxyl groups excluding tert-OH is 4. The number of phenols is 1. The molecule has 1 saturated heterocycles. The highest BCUT2D eigenvalue weighted by Gasteiger charge is 2.44. The van der Waals surface area contributed by atoms with Gasteiger partial charge in [0, 0.05) is 0 Å². The zero-order valence-electron chi connectivity index (χ0n) is 9.96. The highest BCUT2D eigenvalue weighted by molar-refractivity contribution is 5.30.